The molecule has 0 unspecified atom stereocenters. The number of piperidine rings is 1. The average molecular weight is 510 g/mol. The number of aromatic nitrogens is 2. The van der Waals surface area contributed by atoms with Crippen LogP contribution in [0.1, 0.15) is 31.7 Å². The van der Waals surface area contributed by atoms with Gasteiger partial charge in [0.25, 0.3) is 0 Å². The van der Waals surface area contributed by atoms with Gasteiger partial charge in [0.15, 0.2) is 5.96 Å². The van der Waals surface area contributed by atoms with E-state index in [9.17, 15) is 0 Å². The van der Waals surface area contributed by atoms with Crippen molar-refractivity contribution in [3.8, 4) is 5.69 Å². The molecule has 2 heterocycles. The number of guanidine groups is 1. The second-order valence-electron chi connectivity index (χ2n) is 7.59. The van der Waals surface area contributed by atoms with E-state index in [1.165, 1.54) is 37.9 Å². The second kappa shape index (κ2) is 12.8. The molecule has 29 heavy (non-hydrogen) atoms. The van der Waals surface area contributed by atoms with E-state index < -0.39 is 0 Å². The predicted molar refractivity (Wildman–Crippen MR) is 132 cm³/mol. The van der Waals surface area contributed by atoms with Crippen molar-refractivity contribution in [2.75, 3.05) is 39.8 Å². The minimum atomic E-state index is 0. The van der Waals surface area contributed by atoms with E-state index in [1.807, 2.05) is 16.9 Å². The van der Waals surface area contributed by atoms with Crippen LogP contribution in [0, 0.1) is 5.92 Å². The summed E-state index contributed by atoms with van der Waals surface area (Å²) >= 11 is 0. The molecule has 3 rings (SSSR count). The standard InChI is InChI=1S/C22H34N6.HI/c1-3-23-22(25-15-10-20-11-17-27(2)18-12-20)24-14-9-19-5-7-21(8-6-19)28-16-4-13-26-28;/h4-8,13,16,20H,3,9-12,14-15,17-18H2,1-2H3,(H2,23,24,25);1H. The van der Waals surface area contributed by atoms with Crippen molar-refractivity contribution < 1.29 is 0 Å². The molecule has 7 heteroatoms. The summed E-state index contributed by atoms with van der Waals surface area (Å²) in [5, 5.41) is 11.1. The molecular formula is C22H35IN6. The van der Waals surface area contributed by atoms with Crippen LogP contribution in [-0.2, 0) is 6.42 Å². The molecule has 0 saturated carbocycles. The van der Waals surface area contributed by atoms with Gasteiger partial charge in [-0.3, -0.25) is 4.99 Å². The number of rotatable bonds is 8. The molecule has 1 aromatic heterocycles. The minimum absolute atomic E-state index is 0. The SMILES string of the molecule is CCNC(=NCCC1CCN(C)CC1)NCCc1ccc(-n2cccn2)cc1.I. The van der Waals surface area contributed by atoms with E-state index in [0.29, 0.717) is 0 Å². The lowest BCUT2D eigenvalue weighted by Gasteiger charge is -2.28. The van der Waals surface area contributed by atoms with Gasteiger partial charge in [-0.15, -0.1) is 24.0 Å². The van der Waals surface area contributed by atoms with Gasteiger partial charge in [0.05, 0.1) is 5.69 Å². The number of nitrogens with one attached hydrogen (secondary N) is 2. The molecule has 1 aliphatic heterocycles. The van der Waals surface area contributed by atoms with Gasteiger partial charge in [-0.05, 0) is 82.4 Å². The highest BCUT2D eigenvalue weighted by Crippen LogP contribution is 2.19. The number of nitrogens with zero attached hydrogens (tertiary/aromatic N) is 4. The van der Waals surface area contributed by atoms with Gasteiger partial charge in [-0.1, -0.05) is 12.1 Å². The lowest BCUT2D eigenvalue weighted by Crippen LogP contribution is -2.38. The van der Waals surface area contributed by atoms with Crippen LogP contribution in [0.2, 0.25) is 0 Å². The maximum absolute atomic E-state index is 4.77. The van der Waals surface area contributed by atoms with Gasteiger partial charge >= 0.3 is 0 Å². The molecule has 2 N–H and O–H groups in total. The van der Waals surface area contributed by atoms with E-state index in [1.54, 1.807) is 6.20 Å². The lowest BCUT2D eigenvalue weighted by molar-refractivity contribution is 0.214. The number of aliphatic imine (C=N–C) groups is 1. The molecule has 2 aromatic rings. The average Bonchev–Trinajstić information content (AvgIpc) is 3.25. The first kappa shape index (κ1) is 23.7. The second-order valence-corrected chi connectivity index (χ2v) is 7.59. The van der Waals surface area contributed by atoms with Crippen molar-refractivity contribution in [1.29, 1.82) is 0 Å². The van der Waals surface area contributed by atoms with Crippen LogP contribution in [0.25, 0.3) is 5.69 Å². The Balaban J connectivity index is 0.00000300. The molecular weight excluding hydrogens is 475 g/mol. The number of halogens is 1. The van der Waals surface area contributed by atoms with E-state index in [0.717, 1.165) is 43.6 Å². The summed E-state index contributed by atoms with van der Waals surface area (Å²) < 4.78 is 1.88. The fraction of sp³-hybridized carbons (Fsp3) is 0.545. The van der Waals surface area contributed by atoms with Crippen LogP contribution in [0.5, 0.6) is 0 Å². The van der Waals surface area contributed by atoms with Gasteiger partial charge in [-0.2, -0.15) is 5.10 Å². The van der Waals surface area contributed by atoms with E-state index in [-0.39, 0.29) is 24.0 Å². The van der Waals surface area contributed by atoms with Crippen LogP contribution < -0.4 is 10.6 Å². The summed E-state index contributed by atoms with van der Waals surface area (Å²) in [7, 11) is 2.21. The molecule has 0 bridgehead atoms. The largest absolute Gasteiger partial charge is 0.357 e. The Hall–Kier alpha value is -1.61. The van der Waals surface area contributed by atoms with E-state index >= 15 is 0 Å². The Labute approximate surface area is 192 Å². The summed E-state index contributed by atoms with van der Waals surface area (Å²) in [5.74, 6) is 1.76. The Bertz CT molecular complexity index is 705. The molecule has 0 spiro atoms. The number of likely N-dealkylation sites (tertiary alicyclic amines) is 1. The van der Waals surface area contributed by atoms with Crippen molar-refractivity contribution in [3.05, 3.63) is 48.3 Å². The topological polar surface area (TPSA) is 57.5 Å². The van der Waals surface area contributed by atoms with Crippen molar-refractivity contribution in [1.82, 2.24) is 25.3 Å². The molecule has 0 radical (unpaired) electrons. The zero-order valence-corrected chi connectivity index (χ0v) is 20.0. The summed E-state index contributed by atoms with van der Waals surface area (Å²) in [4.78, 5) is 7.20. The highest BCUT2D eigenvalue weighted by molar-refractivity contribution is 14.0. The van der Waals surface area contributed by atoms with Crippen LogP contribution in [0.3, 0.4) is 0 Å². The zero-order chi connectivity index (χ0) is 19.6. The monoisotopic (exact) mass is 510 g/mol. The molecule has 6 nitrogen and oxygen atoms in total. The highest BCUT2D eigenvalue weighted by atomic mass is 127. The fourth-order valence-electron chi connectivity index (χ4n) is 3.61. The third-order valence-corrected chi connectivity index (χ3v) is 5.40. The smallest absolute Gasteiger partial charge is 0.191 e. The molecule has 160 valence electrons. The van der Waals surface area contributed by atoms with Crippen molar-refractivity contribution in [2.24, 2.45) is 10.9 Å². The summed E-state index contributed by atoms with van der Waals surface area (Å²) in [6.07, 6.45) is 8.54. The predicted octanol–water partition coefficient (Wildman–Crippen LogP) is 3.32. The quantitative estimate of drug-likeness (QED) is 0.325. The normalized spacial score (nSPS) is 15.7. The molecule has 0 amide bonds. The number of benzene rings is 1. The molecule has 1 saturated heterocycles. The highest BCUT2D eigenvalue weighted by Gasteiger charge is 2.15. The third kappa shape index (κ3) is 7.97. The third-order valence-electron chi connectivity index (χ3n) is 5.40. The molecule has 1 fully saturated rings. The minimum Gasteiger partial charge on any atom is -0.357 e. The van der Waals surface area contributed by atoms with Gasteiger partial charge in [0, 0.05) is 32.0 Å². The summed E-state index contributed by atoms with van der Waals surface area (Å²) in [6, 6.07) is 10.5. The van der Waals surface area contributed by atoms with Crippen LogP contribution in [0.4, 0.5) is 0 Å². The Kier molecular flexibility index (Phi) is 10.5. The zero-order valence-electron chi connectivity index (χ0n) is 17.7. The van der Waals surface area contributed by atoms with Crippen molar-refractivity contribution in [2.45, 2.75) is 32.6 Å². The first-order chi connectivity index (χ1) is 13.7. The Morgan fingerprint density at radius 2 is 1.93 bits per heavy atom. The maximum Gasteiger partial charge on any atom is 0.191 e. The van der Waals surface area contributed by atoms with Crippen LogP contribution in [-0.4, -0.2) is 60.4 Å². The van der Waals surface area contributed by atoms with Gasteiger partial charge in [0.2, 0.25) is 0 Å². The molecule has 0 aliphatic carbocycles. The fourth-order valence-corrected chi connectivity index (χ4v) is 3.61. The Morgan fingerprint density at radius 3 is 2.59 bits per heavy atom. The molecule has 0 atom stereocenters. The number of hydrogen-bond acceptors (Lipinski definition) is 3. The van der Waals surface area contributed by atoms with Gasteiger partial charge < -0.3 is 15.5 Å². The van der Waals surface area contributed by atoms with Crippen molar-refractivity contribution in [3.63, 3.8) is 0 Å². The van der Waals surface area contributed by atoms with Crippen molar-refractivity contribution >= 4 is 29.9 Å². The summed E-state index contributed by atoms with van der Waals surface area (Å²) in [5.41, 5.74) is 2.40. The van der Waals surface area contributed by atoms with E-state index in [4.69, 9.17) is 4.99 Å². The molecule has 1 aliphatic rings. The van der Waals surface area contributed by atoms with Gasteiger partial charge in [0.1, 0.15) is 0 Å². The van der Waals surface area contributed by atoms with Gasteiger partial charge in [-0.25, -0.2) is 4.68 Å². The van der Waals surface area contributed by atoms with Crippen LogP contribution in [0.15, 0.2) is 47.7 Å². The maximum atomic E-state index is 4.77. The first-order valence-corrected chi connectivity index (χ1v) is 10.5. The number of hydrogen-bond donors (Lipinski definition) is 2. The molecule has 1 aromatic carbocycles. The Morgan fingerprint density at radius 1 is 1.17 bits per heavy atom. The first-order valence-electron chi connectivity index (χ1n) is 10.5. The van der Waals surface area contributed by atoms with E-state index in [2.05, 4.69) is 58.9 Å². The van der Waals surface area contributed by atoms with Crippen LogP contribution >= 0.6 is 24.0 Å². The lowest BCUT2D eigenvalue weighted by atomic mass is 9.94. The summed E-state index contributed by atoms with van der Waals surface area (Å²) in [6.45, 7) is 7.24.